The Labute approximate surface area is 233 Å². The Kier molecular flexibility index (Phi) is 8.45. The van der Waals surface area contributed by atoms with Crippen molar-refractivity contribution in [3.63, 3.8) is 0 Å². The van der Waals surface area contributed by atoms with Gasteiger partial charge in [-0.3, -0.25) is 14.2 Å². The van der Waals surface area contributed by atoms with Crippen LogP contribution >= 0.6 is 11.6 Å². The summed E-state index contributed by atoms with van der Waals surface area (Å²) in [6, 6.07) is 13.6. The molecule has 4 aromatic rings. The fraction of sp³-hybridized carbons (Fsp3) is 0.286. The number of alkyl halides is 3. The van der Waals surface area contributed by atoms with Gasteiger partial charge in [0.1, 0.15) is 18.1 Å². The molecule has 0 fully saturated rings. The van der Waals surface area contributed by atoms with Crippen LogP contribution in [0.15, 0.2) is 59.4 Å². The minimum atomic E-state index is -4.90. The lowest BCUT2D eigenvalue weighted by atomic mass is 10.1. The Bertz CT molecular complexity index is 1620. The maximum Gasteiger partial charge on any atom is 0.573 e. The van der Waals surface area contributed by atoms with Gasteiger partial charge in [0.25, 0.3) is 5.56 Å². The highest BCUT2D eigenvalue weighted by Crippen LogP contribution is 2.29. The first-order valence-electron chi connectivity index (χ1n) is 12.3. The molecule has 0 saturated heterocycles. The number of nitrogens with zero attached hydrogens (tertiary/aromatic N) is 4. The van der Waals surface area contributed by atoms with Crippen molar-refractivity contribution in [3.8, 4) is 28.4 Å². The predicted molar refractivity (Wildman–Crippen MR) is 147 cm³/mol. The van der Waals surface area contributed by atoms with Crippen LogP contribution in [0.4, 0.5) is 13.2 Å². The van der Waals surface area contributed by atoms with Crippen molar-refractivity contribution in [3.05, 3.63) is 75.5 Å². The number of carbonyl (C=O) groups is 1. The number of halogens is 4. The Morgan fingerprint density at radius 3 is 2.50 bits per heavy atom. The second-order valence-electron chi connectivity index (χ2n) is 9.77. The monoisotopic (exact) mass is 573 g/mol. The molecule has 1 amide bonds. The van der Waals surface area contributed by atoms with Gasteiger partial charge in [-0.05, 0) is 76.0 Å². The van der Waals surface area contributed by atoms with Crippen LogP contribution in [-0.2, 0) is 17.9 Å². The maximum absolute atomic E-state index is 13.8. The van der Waals surface area contributed by atoms with Crippen molar-refractivity contribution in [1.82, 2.24) is 24.8 Å². The molecule has 4 rings (SSSR count). The number of nitrogens with one attached hydrogen (secondary N) is 1. The third-order valence-electron chi connectivity index (χ3n) is 5.63. The fourth-order valence-electron chi connectivity index (χ4n) is 4.22. The zero-order valence-corrected chi connectivity index (χ0v) is 23.0. The van der Waals surface area contributed by atoms with E-state index in [9.17, 15) is 22.8 Å². The van der Waals surface area contributed by atoms with Crippen LogP contribution in [0.1, 0.15) is 19.4 Å². The number of hydrogen-bond donors (Lipinski definition) is 1. The standard InChI is InChI=1S/C28H27ClF3N5O3/c1-16(2)33-24(38)15-37-26(18-6-5-7-21(13-18)40-28(30,31)32)35-23-9-8-22(34-25(23)27(37)39)19-10-17(14-36(3)4)11-20(29)12-19/h5-13,16H,14-15H2,1-4H3,(H,33,38). The van der Waals surface area contributed by atoms with Gasteiger partial charge >= 0.3 is 6.36 Å². The van der Waals surface area contributed by atoms with E-state index in [2.05, 4.69) is 20.0 Å². The second kappa shape index (κ2) is 11.6. The summed E-state index contributed by atoms with van der Waals surface area (Å²) in [6.07, 6.45) is -4.90. The summed E-state index contributed by atoms with van der Waals surface area (Å²) in [6.45, 7) is 3.75. The van der Waals surface area contributed by atoms with Gasteiger partial charge < -0.3 is 15.0 Å². The molecule has 0 aliphatic carbocycles. The van der Waals surface area contributed by atoms with Crippen LogP contribution in [0.25, 0.3) is 33.7 Å². The molecule has 0 radical (unpaired) electrons. The van der Waals surface area contributed by atoms with Gasteiger partial charge in [-0.2, -0.15) is 0 Å². The average Bonchev–Trinajstić information content (AvgIpc) is 2.83. The molecule has 40 heavy (non-hydrogen) atoms. The Hall–Kier alpha value is -3.96. The predicted octanol–water partition coefficient (Wildman–Crippen LogP) is 5.26. The average molecular weight is 574 g/mol. The first-order chi connectivity index (χ1) is 18.8. The largest absolute Gasteiger partial charge is 0.573 e. The quantitative estimate of drug-likeness (QED) is 0.309. The molecule has 12 heteroatoms. The zero-order chi connectivity index (χ0) is 29.2. The molecule has 0 unspecified atom stereocenters. The van der Waals surface area contributed by atoms with Crippen LogP contribution < -0.4 is 15.6 Å². The smallest absolute Gasteiger partial charge is 0.406 e. The summed E-state index contributed by atoms with van der Waals surface area (Å²) < 4.78 is 43.7. The summed E-state index contributed by atoms with van der Waals surface area (Å²) in [7, 11) is 3.86. The molecule has 2 heterocycles. The third-order valence-corrected chi connectivity index (χ3v) is 5.85. The van der Waals surface area contributed by atoms with Gasteiger partial charge in [-0.25, -0.2) is 9.97 Å². The van der Waals surface area contributed by atoms with E-state index < -0.39 is 30.1 Å². The number of hydrogen-bond acceptors (Lipinski definition) is 6. The Balaban J connectivity index is 1.88. The highest BCUT2D eigenvalue weighted by atomic mass is 35.5. The molecule has 0 bridgehead atoms. The topological polar surface area (TPSA) is 89.3 Å². The van der Waals surface area contributed by atoms with E-state index in [-0.39, 0.29) is 28.5 Å². The lowest BCUT2D eigenvalue weighted by Crippen LogP contribution is -2.37. The van der Waals surface area contributed by atoms with E-state index in [4.69, 9.17) is 11.6 Å². The summed E-state index contributed by atoms with van der Waals surface area (Å²) in [5.74, 6) is -0.961. The molecular weight excluding hydrogens is 547 g/mol. The SMILES string of the molecule is CC(C)NC(=O)Cn1c(-c2cccc(OC(F)(F)F)c2)nc2ccc(-c3cc(Cl)cc(CN(C)C)c3)nc2c1=O. The van der Waals surface area contributed by atoms with Crippen LogP contribution in [0.3, 0.4) is 0 Å². The van der Waals surface area contributed by atoms with Crippen LogP contribution in [0.2, 0.25) is 5.02 Å². The molecule has 2 aromatic heterocycles. The van der Waals surface area contributed by atoms with E-state index in [1.165, 1.54) is 12.1 Å². The highest BCUT2D eigenvalue weighted by molar-refractivity contribution is 6.31. The summed E-state index contributed by atoms with van der Waals surface area (Å²) >= 11 is 6.35. The van der Waals surface area contributed by atoms with E-state index in [0.29, 0.717) is 22.8 Å². The minimum absolute atomic E-state index is 0.00423. The van der Waals surface area contributed by atoms with E-state index in [1.807, 2.05) is 31.1 Å². The van der Waals surface area contributed by atoms with Crippen molar-refractivity contribution in [2.24, 2.45) is 0 Å². The zero-order valence-electron chi connectivity index (χ0n) is 22.2. The second-order valence-corrected chi connectivity index (χ2v) is 10.2. The number of ether oxygens (including phenoxy) is 1. The lowest BCUT2D eigenvalue weighted by Gasteiger charge is -2.16. The number of fused-ring (bicyclic) bond motifs is 1. The number of amides is 1. The Morgan fingerprint density at radius 1 is 1.07 bits per heavy atom. The molecule has 8 nitrogen and oxygen atoms in total. The minimum Gasteiger partial charge on any atom is -0.406 e. The number of pyridine rings is 1. The molecule has 0 aliphatic heterocycles. The van der Waals surface area contributed by atoms with Gasteiger partial charge in [-0.15, -0.1) is 13.2 Å². The molecule has 0 aliphatic rings. The normalized spacial score (nSPS) is 11.8. The van der Waals surface area contributed by atoms with Crippen LogP contribution in [-0.4, -0.2) is 51.8 Å². The first-order valence-corrected chi connectivity index (χ1v) is 12.7. The molecule has 210 valence electrons. The number of carbonyl (C=O) groups excluding carboxylic acids is 1. The Morgan fingerprint density at radius 2 is 1.82 bits per heavy atom. The van der Waals surface area contributed by atoms with E-state index in [1.54, 1.807) is 32.0 Å². The van der Waals surface area contributed by atoms with Crippen molar-refractivity contribution < 1.29 is 22.7 Å². The summed E-state index contributed by atoms with van der Waals surface area (Å²) in [5, 5.41) is 3.22. The third kappa shape index (κ3) is 7.16. The van der Waals surface area contributed by atoms with Gasteiger partial charge in [0.05, 0.1) is 11.2 Å². The van der Waals surface area contributed by atoms with E-state index >= 15 is 0 Å². The number of benzene rings is 2. The summed E-state index contributed by atoms with van der Waals surface area (Å²) in [4.78, 5) is 37.5. The van der Waals surface area contributed by atoms with E-state index in [0.717, 1.165) is 22.3 Å². The van der Waals surface area contributed by atoms with Crippen molar-refractivity contribution in [1.29, 1.82) is 0 Å². The first kappa shape index (κ1) is 29.0. The van der Waals surface area contributed by atoms with Crippen molar-refractivity contribution >= 4 is 28.5 Å². The van der Waals surface area contributed by atoms with Gasteiger partial charge in [0.2, 0.25) is 5.91 Å². The molecule has 0 atom stereocenters. The maximum atomic E-state index is 13.8. The van der Waals surface area contributed by atoms with Gasteiger partial charge in [0.15, 0.2) is 5.52 Å². The molecule has 1 N–H and O–H groups in total. The molecule has 2 aromatic carbocycles. The van der Waals surface area contributed by atoms with Gasteiger partial charge in [0, 0.05) is 28.7 Å². The highest BCUT2D eigenvalue weighted by Gasteiger charge is 2.31. The van der Waals surface area contributed by atoms with Gasteiger partial charge in [-0.1, -0.05) is 23.7 Å². The van der Waals surface area contributed by atoms with Crippen LogP contribution in [0, 0.1) is 0 Å². The van der Waals surface area contributed by atoms with Crippen LogP contribution in [0.5, 0.6) is 5.75 Å². The molecule has 0 saturated carbocycles. The molecule has 0 spiro atoms. The molecular formula is C28H27ClF3N5O3. The number of rotatable bonds is 8. The van der Waals surface area contributed by atoms with Crippen molar-refractivity contribution in [2.45, 2.75) is 39.3 Å². The number of aromatic nitrogens is 3. The fourth-order valence-corrected chi connectivity index (χ4v) is 4.48. The summed E-state index contributed by atoms with van der Waals surface area (Å²) in [5.41, 5.74) is 1.85. The lowest BCUT2D eigenvalue weighted by molar-refractivity contribution is -0.274. The van der Waals surface area contributed by atoms with Crippen molar-refractivity contribution in [2.75, 3.05) is 14.1 Å².